The minimum atomic E-state index is 0.0486. The third kappa shape index (κ3) is 2.54. The maximum absolute atomic E-state index is 12.5. The molecule has 0 radical (unpaired) electrons. The van der Waals surface area contributed by atoms with Crippen LogP contribution in [0, 0.1) is 0 Å². The molecule has 2 fully saturated rings. The van der Waals surface area contributed by atoms with Crippen molar-refractivity contribution in [1.82, 2.24) is 10.2 Å². The monoisotopic (exact) mass is 280 g/mol. The van der Waals surface area contributed by atoms with Gasteiger partial charge in [0.1, 0.15) is 0 Å². The quantitative estimate of drug-likeness (QED) is 0.934. The number of carbonyl (C=O) groups excluding carboxylic acids is 1. The number of hydrogen-bond donors (Lipinski definition) is 1. The Morgan fingerprint density at radius 3 is 2.71 bits per heavy atom. The molecular formula is C18H20N2O. The van der Waals surface area contributed by atoms with E-state index in [4.69, 9.17) is 0 Å². The second-order valence-corrected chi connectivity index (χ2v) is 6.18. The molecule has 4 rings (SSSR count). The molecule has 108 valence electrons. The zero-order valence-electron chi connectivity index (χ0n) is 12.1. The molecule has 1 saturated heterocycles. The van der Waals surface area contributed by atoms with Gasteiger partial charge in [-0.15, -0.1) is 0 Å². The zero-order chi connectivity index (χ0) is 14.2. The molecule has 1 heterocycles. The van der Waals surface area contributed by atoms with Crippen LogP contribution in [0.5, 0.6) is 0 Å². The first-order chi connectivity index (χ1) is 10.3. The van der Waals surface area contributed by atoms with E-state index in [0.717, 1.165) is 19.5 Å². The summed E-state index contributed by atoms with van der Waals surface area (Å²) in [6, 6.07) is 15.4. The minimum absolute atomic E-state index is 0.0486. The second kappa shape index (κ2) is 5.15. The van der Waals surface area contributed by atoms with Gasteiger partial charge >= 0.3 is 0 Å². The molecular weight excluding hydrogens is 260 g/mol. The van der Waals surface area contributed by atoms with Crippen LogP contribution in [0.2, 0.25) is 0 Å². The van der Waals surface area contributed by atoms with E-state index in [9.17, 15) is 4.79 Å². The smallest absolute Gasteiger partial charge is 0.240 e. The fraction of sp³-hybridized carbons (Fsp3) is 0.389. The molecule has 3 nitrogen and oxygen atoms in total. The van der Waals surface area contributed by atoms with Crippen LogP contribution in [0.15, 0.2) is 42.5 Å². The van der Waals surface area contributed by atoms with Gasteiger partial charge in [0.05, 0.1) is 6.04 Å². The van der Waals surface area contributed by atoms with Crippen LogP contribution in [0.25, 0.3) is 10.8 Å². The van der Waals surface area contributed by atoms with Crippen molar-refractivity contribution >= 4 is 16.7 Å². The van der Waals surface area contributed by atoms with Crippen LogP contribution in [0.3, 0.4) is 0 Å². The highest BCUT2D eigenvalue weighted by molar-refractivity contribution is 5.87. The number of rotatable bonds is 4. The highest BCUT2D eigenvalue weighted by Crippen LogP contribution is 2.25. The van der Waals surface area contributed by atoms with Gasteiger partial charge in [0.2, 0.25) is 5.91 Å². The lowest BCUT2D eigenvalue weighted by Crippen LogP contribution is -2.39. The molecule has 2 aromatic rings. The number of fused-ring (bicyclic) bond motifs is 1. The zero-order valence-corrected chi connectivity index (χ0v) is 12.1. The number of nitrogens with one attached hydrogen (secondary N) is 1. The largest absolute Gasteiger partial charge is 0.337 e. The average Bonchev–Trinajstić information content (AvgIpc) is 3.27. The highest BCUT2D eigenvalue weighted by atomic mass is 16.2. The second-order valence-electron chi connectivity index (χ2n) is 6.18. The van der Waals surface area contributed by atoms with Crippen molar-refractivity contribution in [1.29, 1.82) is 0 Å². The summed E-state index contributed by atoms with van der Waals surface area (Å²) in [6.45, 7) is 1.59. The van der Waals surface area contributed by atoms with Gasteiger partial charge in [-0.1, -0.05) is 42.5 Å². The van der Waals surface area contributed by atoms with Crippen molar-refractivity contribution in [2.45, 2.75) is 37.9 Å². The fourth-order valence-corrected chi connectivity index (χ4v) is 3.22. The van der Waals surface area contributed by atoms with Crippen LogP contribution in [-0.4, -0.2) is 29.4 Å². The molecule has 1 N–H and O–H groups in total. The van der Waals surface area contributed by atoms with Crippen molar-refractivity contribution < 1.29 is 4.79 Å². The number of carbonyl (C=O) groups is 1. The van der Waals surface area contributed by atoms with Gasteiger partial charge in [-0.3, -0.25) is 4.79 Å². The summed E-state index contributed by atoms with van der Waals surface area (Å²) < 4.78 is 0. The van der Waals surface area contributed by atoms with E-state index in [0.29, 0.717) is 6.04 Å². The van der Waals surface area contributed by atoms with Gasteiger partial charge in [0, 0.05) is 19.1 Å². The van der Waals surface area contributed by atoms with Crippen LogP contribution in [0.1, 0.15) is 24.8 Å². The molecule has 0 bridgehead atoms. The van der Waals surface area contributed by atoms with Gasteiger partial charge in [0.25, 0.3) is 0 Å². The summed E-state index contributed by atoms with van der Waals surface area (Å²) in [6.07, 6.45) is 3.40. The Kier molecular flexibility index (Phi) is 3.15. The lowest BCUT2D eigenvalue weighted by atomic mass is 10.0. The number of amides is 1. The van der Waals surface area contributed by atoms with Gasteiger partial charge in [-0.05, 0) is 35.6 Å². The average molecular weight is 280 g/mol. The Morgan fingerprint density at radius 1 is 1.05 bits per heavy atom. The summed E-state index contributed by atoms with van der Waals surface area (Å²) in [5.41, 5.74) is 1.24. The SMILES string of the molecule is O=C1C(NC2CC2)CCN1Cc1cccc2ccccc12. The minimum Gasteiger partial charge on any atom is -0.337 e. The summed E-state index contributed by atoms with van der Waals surface area (Å²) in [4.78, 5) is 14.5. The maximum atomic E-state index is 12.5. The Morgan fingerprint density at radius 2 is 1.86 bits per heavy atom. The van der Waals surface area contributed by atoms with E-state index in [1.165, 1.54) is 29.2 Å². The Hall–Kier alpha value is -1.87. The molecule has 1 aliphatic heterocycles. The molecule has 2 aromatic carbocycles. The third-order valence-corrected chi connectivity index (χ3v) is 4.55. The summed E-state index contributed by atoms with van der Waals surface area (Å²) in [7, 11) is 0. The van der Waals surface area contributed by atoms with Crippen LogP contribution in [-0.2, 0) is 11.3 Å². The summed E-state index contributed by atoms with van der Waals surface area (Å²) in [5.74, 6) is 0.273. The van der Waals surface area contributed by atoms with E-state index in [2.05, 4.69) is 47.8 Å². The molecule has 2 aliphatic rings. The molecule has 3 heteroatoms. The summed E-state index contributed by atoms with van der Waals surface area (Å²) >= 11 is 0. The predicted octanol–water partition coefficient (Wildman–Crippen LogP) is 2.69. The topological polar surface area (TPSA) is 32.3 Å². The number of benzene rings is 2. The van der Waals surface area contributed by atoms with Crippen molar-refractivity contribution in [2.75, 3.05) is 6.54 Å². The van der Waals surface area contributed by atoms with E-state index in [1.54, 1.807) is 0 Å². The maximum Gasteiger partial charge on any atom is 0.240 e. The molecule has 1 aliphatic carbocycles. The van der Waals surface area contributed by atoms with E-state index < -0.39 is 0 Å². The molecule has 1 atom stereocenters. The van der Waals surface area contributed by atoms with Crippen molar-refractivity contribution in [3.63, 3.8) is 0 Å². The molecule has 1 saturated carbocycles. The van der Waals surface area contributed by atoms with E-state index in [1.807, 2.05) is 4.90 Å². The normalized spacial score (nSPS) is 22.2. The van der Waals surface area contributed by atoms with Crippen LogP contribution < -0.4 is 5.32 Å². The first-order valence-corrected chi connectivity index (χ1v) is 7.83. The van der Waals surface area contributed by atoms with E-state index in [-0.39, 0.29) is 11.9 Å². The predicted molar refractivity (Wildman–Crippen MR) is 83.9 cm³/mol. The number of nitrogens with zero attached hydrogens (tertiary/aromatic N) is 1. The lowest BCUT2D eigenvalue weighted by Gasteiger charge is -2.18. The van der Waals surface area contributed by atoms with Crippen molar-refractivity contribution in [2.24, 2.45) is 0 Å². The molecule has 0 spiro atoms. The molecule has 21 heavy (non-hydrogen) atoms. The van der Waals surface area contributed by atoms with Crippen molar-refractivity contribution in [3.8, 4) is 0 Å². The number of hydrogen-bond acceptors (Lipinski definition) is 2. The van der Waals surface area contributed by atoms with Crippen molar-refractivity contribution in [3.05, 3.63) is 48.0 Å². The Labute approximate surface area is 124 Å². The third-order valence-electron chi connectivity index (χ3n) is 4.55. The first-order valence-electron chi connectivity index (χ1n) is 7.83. The van der Waals surface area contributed by atoms with Crippen LogP contribution >= 0.6 is 0 Å². The summed E-state index contributed by atoms with van der Waals surface area (Å²) in [5, 5.41) is 5.96. The standard InChI is InChI=1S/C18H20N2O/c21-18-17(19-15-8-9-15)10-11-20(18)12-14-6-3-5-13-4-1-2-7-16(13)14/h1-7,15,17,19H,8-12H2. The fourth-order valence-electron chi connectivity index (χ4n) is 3.22. The number of likely N-dealkylation sites (tertiary alicyclic amines) is 1. The van der Waals surface area contributed by atoms with E-state index >= 15 is 0 Å². The molecule has 1 amide bonds. The Balaban J connectivity index is 1.53. The van der Waals surface area contributed by atoms with Gasteiger partial charge in [-0.2, -0.15) is 0 Å². The van der Waals surface area contributed by atoms with Gasteiger partial charge in [0.15, 0.2) is 0 Å². The molecule has 0 aromatic heterocycles. The first kappa shape index (κ1) is 12.8. The van der Waals surface area contributed by atoms with Gasteiger partial charge < -0.3 is 10.2 Å². The Bertz CT molecular complexity index is 672. The van der Waals surface area contributed by atoms with Gasteiger partial charge in [-0.25, -0.2) is 0 Å². The molecule has 1 unspecified atom stereocenters. The lowest BCUT2D eigenvalue weighted by molar-refractivity contribution is -0.129. The van der Waals surface area contributed by atoms with Crippen LogP contribution in [0.4, 0.5) is 0 Å². The highest BCUT2D eigenvalue weighted by Gasteiger charge is 2.35.